The average molecular weight is 309 g/mol. The van der Waals surface area contributed by atoms with Gasteiger partial charge in [0.2, 0.25) is 5.91 Å². The van der Waals surface area contributed by atoms with E-state index in [2.05, 4.69) is 0 Å². The Morgan fingerprint density at radius 1 is 1.04 bits per heavy atom. The lowest BCUT2D eigenvalue weighted by Crippen LogP contribution is -2.64. The highest BCUT2D eigenvalue weighted by Crippen LogP contribution is 2.31. The third-order valence-electron chi connectivity index (χ3n) is 4.60. The van der Waals surface area contributed by atoms with Gasteiger partial charge < -0.3 is 10.0 Å². The van der Waals surface area contributed by atoms with Crippen LogP contribution in [0.3, 0.4) is 0 Å². The molecular weight excluding hydrogens is 290 g/mol. The molecule has 0 saturated carbocycles. The normalized spacial score (nSPS) is 20.0. The van der Waals surface area contributed by atoms with Gasteiger partial charge in [0, 0.05) is 6.54 Å². The van der Waals surface area contributed by atoms with Crippen molar-refractivity contribution in [1.82, 2.24) is 4.90 Å². The number of benzene rings is 2. The monoisotopic (exact) mass is 309 g/mol. The number of hydrogen-bond acceptors (Lipinski definition) is 2. The molecule has 3 rings (SSSR count). The van der Waals surface area contributed by atoms with Gasteiger partial charge in [0.1, 0.15) is 5.54 Å². The van der Waals surface area contributed by atoms with Gasteiger partial charge in [-0.25, -0.2) is 4.79 Å². The molecule has 23 heavy (non-hydrogen) atoms. The van der Waals surface area contributed by atoms with Gasteiger partial charge in [0.15, 0.2) is 0 Å². The fourth-order valence-corrected chi connectivity index (χ4v) is 2.90. The molecule has 0 bridgehead atoms. The Hall–Kier alpha value is -2.62. The second kappa shape index (κ2) is 5.88. The van der Waals surface area contributed by atoms with E-state index in [1.807, 2.05) is 54.6 Å². The molecule has 4 nitrogen and oxygen atoms in total. The lowest BCUT2D eigenvalue weighted by atomic mass is 9.86. The summed E-state index contributed by atoms with van der Waals surface area (Å²) in [7, 11) is 0. The highest BCUT2D eigenvalue weighted by molar-refractivity contribution is 5.89. The summed E-state index contributed by atoms with van der Waals surface area (Å²) >= 11 is 0. The second-order valence-electron chi connectivity index (χ2n) is 6.11. The molecule has 118 valence electrons. The highest BCUT2D eigenvalue weighted by Gasteiger charge is 2.49. The number of amides is 1. The molecule has 1 heterocycles. The maximum atomic E-state index is 12.3. The van der Waals surface area contributed by atoms with Crippen molar-refractivity contribution < 1.29 is 14.7 Å². The molecule has 2 aromatic carbocycles. The van der Waals surface area contributed by atoms with E-state index in [0.29, 0.717) is 13.0 Å². The van der Waals surface area contributed by atoms with Gasteiger partial charge in [-0.05, 0) is 30.0 Å². The van der Waals surface area contributed by atoms with Gasteiger partial charge in [-0.1, -0.05) is 54.6 Å². The fraction of sp³-hybridized carbons (Fsp3) is 0.263. The molecule has 1 unspecified atom stereocenters. The van der Waals surface area contributed by atoms with E-state index >= 15 is 0 Å². The van der Waals surface area contributed by atoms with E-state index in [4.69, 9.17) is 0 Å². The zero-order chi connectivity index (χ0) is 16.4. The van der Waals surface area contributed by atoms with Crippen LogP contribution >= 0.6 is 0 Å². The van der Waals surface area contributed by atoms with Gasteiger partial charge in [-0.3, -0.25) is 4.79 Å². The third kappa shape index (κ3) is 2.84. The minimum absolute atomic E-state index is 0.131. The first-order chi connectivity index (χ1) is 11.0. The summed E-state index contributed by atoms with van der Waals surface area (Å²) in [6, 6.07) is 17.9. The Morgan fingerprint density at radius 2 is 1.65 bits per heavy atom. The quantitative estimate of drug-likeness (QED) is 0.944. The summed E-state index contributed by atoms with van der Waals surface area (Å²) in [5.41, 5.74) is 2.09. The van der Waals surface area contributed by atoms with Crippen molar-refractivity contribution in [2.75, 3.05) is 6.54 Å². The molecule has 4 heteroatoms. The van der Waals surface area contributed by atoms with Gasteiger partial charge in [-0.2, -0.15) is 0 Å². The van der Waals surface area contributed by atoms with Crippen LogP contribution in [0.2, 0.25) is 0 Å². The Kier molecular flexibility index (Phi) is 3.90. The van der Waals surface area contributed by atoms with Crippen LogP contribution < -0.4 is 0 Å². The third-order valence-corrected chi connectivity index (χ3v) is 4.60. The van der Waals surface area contributed by atoms with Gasteiger partial charge >= 0.3 is 5.97 Å². The van der Waals surface area contributed by atoms with E-state index in [1.165, 1.54) is 4.90 Å². The number of carbonyl (C=O) groups is 2. The van der Waals surface area contributed by atoms with Gasteiger partial charge in [0.05, 0.1) is 6.42 Å². The largest absolute Gasteiger partial charge is 0.480 e. The number of carboxylic acid groups (broad SMARTS) is 1. The molecule has 1 aliphatic heterocycles. The molecule has 1 saturated heterocycles. The minimum atomic E-state index is -1.04. The first kappa shape index (κ1) is 15.3. The van der Waals surface area contributed by atoms with Crippen molar-refractivity contribution in [2.24, 2.45) is 0 Å². The van der Waals surface area contributed by atoms with E-state index < -0.39 is 11.5 Å². The van der Waals surface area contributed by atoms with Crippen molar-refractivity contribution >= 4 is 11.9 Å². The van der Waals surface area contributed by atoms with Crippen molar-refractivity contribution in [1.29, 1.82) is 0 Å². The van der Waals surface area contributed by atoms with Crippen molar-refractivity contribution in [3.8, 4) is 11.1 Å². The molecule has 1 fully saturated rings. The zero-order valence-electron chi connectivity index (χ0n) is 13.0. The molecule has 1 aliphatic rings. The van der Waals surface area contributed by atoms with Crippen LogP contribution in [-0.2, 0) is 16.0 Å². The highest BCUT2D eigenvalue weighted by atomic mass is 16.4. The molecule has 0 aromatic heterocycles. The topological polar surface area (TPSA) is 57.6 Å². The number of carbonyl (C=O) groups excluding carboxylic acids is 1. The first-order valence-electron chi connectivity index (χ1n) is 7.69. The van der Waals surface area contributed by atoms with Crippen molar-refractivity contribution in [3.05, 3.63) is 60.2 Å². The molecular formula is C19H19NO3. The molecule has 2 aromatic rings. The minimum Gasteiger partial charge on any atom is -0.480 e. The molecule has 1 N–H and O–H groups in total. The predicted molar refractivity (Wildman–Crippen MR) is 88.0 cm³/mol. The Morgan fingerprint density at radius 3 is 2.17 bits per heavy atom. The summed E-state index contributed by atoms with van der Waals surface area (Å²) in [5.74, 6) is -1.06. The van der Waals surface area contributed by atoms with Crippen LogP contribution in [0.25, 0.3) is 11.1 Å². The number of hydrogen-bond donors (Lipinski definition) is 1. The van der Waals surface area contributed by atoms with Crippen molar-refractivity contribution in [3.63, 3.8) is 0 Å². The first-order valence-corrected chi connectivity index (χ1v) is 7.69. The standard InChI is InChI=1S/C19H19NO3/c1-19(18(22)23)11-12-20(19)17(21)13-14-7-9-16(10-8-14)15-5-3-2-4-6-15/h2-10H,11-13H2,1H3,(H,22,23). The van der Waals surface area contributed by atoms with Gasteiger partial charge in [0.25, 0.3) is 0 Å². The number of aliphatic carboxylic acids is 1. The van der Waals surface area contributed by atoms with E-state index in [-0.39, 0.29) is 12.3 Å². The van der Waals surface area contributed by atoms with E-state index in [9.17, 15) is 14.7 Å². The van der Waals surface area contributed by atoms with Crippen LogP contribution in [0, 0.1) is 0 Å². The Labute approximate surface area is 135 Å². The Bertz CT molecular complexity index is 724. The fourth-order valence-electron chi connectivity index (χ4n) is 2.90. The molecule has 1 amide bonds. The number of rotatable bonds is 4. The number of carboxylic acids is 1. The summed E-state index contributed by atoms with van der Waals surface area (Å²) in [6.07, 6.45) is 0.749. The van der Waals surface area contributed by atoms with E-state index in [1.54, 1.807) is 6.92 Å². The van der Waals surface area contributed by atoms with Crippen molar-refractivity contribution in [2.45, 2.75) is 25.3 Å². The summed E-state index contributed by atoms with van der Waals surface area (Å²) in [4.78, 5) is 25.1. The van der Waals surface area contributed by atoms with Crippen LogP contribution in [0.4, 0.5) is 0 Å². The smallest absolute Gasteiger partial charge is 0.329 e. The lowest BCUT2D eigenvalue weighted by Gasteiger charge is -2.47. The van der Waals surface area contributed by atoms with Crippen LogP contribution in [0.1, 0.15) is 18.9 Å². The average Bonchev–Trinajstić information content (AvgIpc) is 2.54. The lowest BCUT2D eigenvalue weighted by molar-refractivity contribution is -0.168. The van der Waals surface area contributed by atoms with Crippen LogP contribution in [0.5, 0.6) is 0 Å². The Balaban J connectivity index is 1.69. The maximum absolute atomic E-state index is 12.3. The summed E-state index contributed by atoms with van der Waals surface area (Å²) in [6.45, 7) is 2.12. The summed E-state index contributed by atoms with van der Waals surface area (Å²) in [5, 5.41) is 9.25. The zero-order valence-corrected chi connectivity index (χ0v) is 13.0. The SMILES string of the molecule is CC1(C(=O)O)CCN1C(=O)Cc1ccc(-c2ccccc2)cc1. The van der Waals surface area contributed by atoms with Crippen LogP contribution in [0.15, 0.2) is 54.6 Å². The number of nitrogens with zero attached hydrogens (tertiary/aromatic N) is 1. The molecule has 0 aliphatic carbocycles. The maximum Gasteiger partial charge on any atom is 0.329 e. The van der Waals surface area contributed by atoms with Crippen LogP contribution in [-0.4, -0.2) is 34.0 Å². The van der Waals surface area contributed by atoms with Gasteiger partial charge in [-0.15, -0.1) is 0 Å². The molecule has 0 radical (unpaired) electrons. The van der Waals surface area contributed by atoms with E-state index in [0.717, 1.165) is 16.7 Å². The molecule has 0 spiro atoms. The predicted octanol–water partition coefficient (Wildman–Crippen LogP) is 2.97. The molecule has 1 atom stereocenters. The number of likely N-dealkylation sites (tertiary alicyclic amines) is 1. The second-order valence-corrected chi connectivity index (χ2v) is 6.11. The summed E-state index contributed by atoms with van der Waals surface area (Å²) < 4.78 is 0.